The van der Waals surface area contributed by atoms with Gasteiger partial charge < -0.3 is 19.3 Å². The molecule has 0 aliphatic carbocycles. The Morgan fingerprint density at radius 1 is 0.941 bits per heavy atom. The highest BCUT2D eigenvalue weighted by Gasteiger charge is 2.31. The summed E-state index contributed by atoms with van der Waals surface area (Å²) >= 11 is 0. The number of carboxylic acids is 1. The lowest BCUT2D eigenvalue weighted by atomic mass is 10.1. The molecule has 9 heteroatoms. The Balaban J connectivity index is 1.66. The van der Waals surface area contributed by atoms with E-state index in [1.54, 1.807) is 31.2 Å². The molecule has 2 aromatic carbocycles. The molecule has 1 N–H and O–H groups in total. The van der Waals surface area contributed by atoms with Crippen molar-refractivity contribution in [3.63, 3.8) is 0 Å². The topological polar surface area (TPSA) is 77.9 Å². The third-order valence-electron chi connectivity index (χ3n) is 5.00. The number of nitrogens with zero attached hydrogens (tertiary/aromatic N) is 1. The molecule has 0 unspecified atom stereocenters. The van der Waals surface area contributed by atoms with E-state index < -0.39 is 17.9 Å². The average Bonchev–Trinajstić information content (AvgIpc) is 2.74. The molecule has 3 rings (SSSR count). The summed E-state index contributed by atoms with van der Waals surface area (Å²) in [6, 6.07) is 14.2. The normalized spacial score (nSPS) is 11.7. The molecule has 0 aliphatic rings. The Hall–Kier alpha value is -3.75. The molecule has 0 saturated heterocycles. The van der Waals surface area contributed by atoms with Gasteiger partial charge >= 0.3 is 12.3 Å². The van der Waals surface area contributed by atoms with Crippen molar-refractivity contribution < 1.29 is 37.3 Å². The van der Waals surface area contributed by atoms with Crippen molar-refractivity contribution in [2.75, 3.05) is 0 Å². The summed E-state index contributed by atoms with van der Waals surface area (Å²) in [5.74, 6) is -0.323. The number of rotatable bonds is 8. The number of carbonyl (C=O) groups is 1. The van der Waals surface area contributed by atoms with Crippen LogP contribution in [0, 0.1) is 13.8 Å². The highest BCUT2D eigenvalue weighted by molar-refractivity contribution is 5.76. The predicted octanol–water partition coefficient (Wildman–Crippen LogP) is 6.09. The van der Waals surface area contributed by atoms with E-state index >= 15 is 0 Å². The van der Waals surface area contributed by atoms with Gasteiger partial charge in [-0.1, -0.05) is 6.07 Å². The second kappa shape index (κ2) is 9.62. The predicted molar refractivity (Wildman–Crippen MR) is 119 cm³/mol. The van der Waals surface area contributed by atoms with Gasteiger partial charge in [0.2, 0.25) is 0 Å². The number of hydrogen-bond acceptors (Lipinski definition) is 5. The fourth-order valence-corrected chi connectivity index (χ4v) is 3.04. The molecule has 0 atom stereocenters. The van der Waals surface area contributed by atoms with E-state index in [2.05, 4.69) is 9.72 Å². The van der Waals surface area contributed by atoms with E-state index in [1.165, 1.54) is 38.1 Å². The van der Waals surface area contributed by atoms with E-state index in [0.29, 0.717) is 28.5 Å². The van der Waals surface area contributed by atoms with Crippen LogP contribution < -0.4 is 14.2 Å². The van der Waals surface area contributed by atoms with Gasteiger partial charge in [-0.3, -0.25) is 4.98 Å². The van der Waals surface area contributed by atoms with Crippen LogP contribution in [0.1, 0.15) is 30.7 Å². The largest absolute Gasteiger partial charge is 0.573 e. The quantitative estimate of drug-likeness (QED) is 0.425. The third kappa shape index (κ3) is 6.40. The number of aromatic nitrogens is 1. The number of carboxylic acid groups (broad SMARTS) is 1. The first-order valence-corrected chi connectivity index (χ1v) is 10.3. The van der Waals surface area contributed by atoms with Crippen LogP contribution >= 0.6 is 0 Å². The fourth-order valence-electron chi connectivity index (χ4n) is 3.04. The number of alkyl halides is 3. The lowest BCUT2D eigenvalue weighted by molar-refractivity contribution is -0.274. The molecule has 0 fully saturated rings. The second-order valence-corrected chi connectivity index (χ2v) is 8.15. The number of aryl methyl sites for hydroxylation is 2. The van der Waals surface area contributed by atoms with Crippen LogP contribution in [0.25, 0.3) is 11.3 Å². The molecule has 0 spiro atoms. The minimum atomic E-state index is -4.74. The molecule has 0 radical (unpaired) electrons. The molecule has 0 bridgehead atoms. The summed E-state index contributed by atoms with van der Waals surface area (Å²) < 4.78 is 52.3. The number of aliphatic carboxylic acids is 1. The van der Waals surface area contributed by atoms with Gasteiger partial charge in [0.15, 0.2) is 5.60 Å². The van der Waals surface area contributed by atoms with E-state index in [4.69, 9.17) is 9.47 Å². The summed E-state index contributed by atoms with van der Waals surface area (Å²) in [6.07, 6.45) is -4.74. The van der Waals surface area contributed by atoms with Crippen LogP contribution in [0.15, 0.2) is 54.6 Å². The first kappa shape index (κ1) is 24.9. The highest BCUT2D eigenvalue weighted by atomic mass is 19.4. The van der Waals surface area contributed by atoms with E-state index in [9.17, 15) is 23.1 Å². The maximum Gasteiger partial charge on any atom is 0.573 e. The molecule has 0 aliphatic heterocycles. The molecule has 3 aromatic rings. The molecule has 0 amide bonds. The number of ether oxygens (including phenoxy) is 3. The van der Waals surface area contributed by atoms with Gasteiger partial charge in [0, 0.05) is 16.8 Å². The Morgan fingerprint density at radius 2 is 1.59 bits per heavy atom. The van der Waals surface area contributed by atoms with Gasteiger partial charge in [0.1, 0.15) is 23.9 Å². The molecule has 180 valence electrons. The molecule has 34 heavy (non-hydrogen) atoms. The summed E-state index contributed by atoms with van der Waals surface area (Å²) in [6.45, 7) is 6.82. The SMILES string of the molecule is Cc1cc(OCc2ccc(-c3ccc(OC(F)(F)F)cc3)nc2C)ccc1OC(C)(C)C(=O)O. The van der Waals surface area contributed by atoms with E-state index in [0.717, 1.165) is 11.1 Å². The number of pyridine rings is 1. The van der Waals surface area contributed by atoms with Crippen molar-refractivity contribution in [3.8, 4) is 28.5 Å². The first-order valence-electron chi connectivity index (χ1n) is 10.3. The Kier molecular flexibility index (Phi) is 7.04. The van der Waals surface area contributed by atoms with Crippen LogP contribution in [0.2, 0.25) is 0 Å². The number of hydrogen-bond donors (Lipinski definition) is 1. The number of halogens is 3. The zero-order chi connectivity index (χ0) is 25.1. The summed E-state index contributed by atoms with van der Waals surface area (Å²) in [5, 5.41) is 9.23. The molecule has 6 nitrogen and oxygen atoms in total. The lowest BCUT2D eigenvalue weighted by Crippen LogP contribution is -2.38. The van der Waals surface area contributed by atoms with Crippen molar-refractivity contribution >= 4 is 5.97 Å². The van der Waals surface area contributed by atoms with Gasteiger partial charge in [-0.25, -0.2) is 4.79 Å². The summed E-state index contributed by atoms with van der Waals surface area (Å²) in [7, 11) is 0. The number of benzene rings is 2. The summed E-state index contributed by atoms with van der Waals surface area (Å²) in [4.78, 5) is 15.8. The van der Waals surface area contributed by atoms with Gasteiger partial charge in [-0.15, -0.1) is 13.2 Å². The zero-order valence-electron chi connectivity index (χ0n) is 19.1. The van der Waals surface area contributed by atoms with Crippen molar-refractivity contribution in [3.05, 3.63) is 71.4 Å². The van der Waals surface area contributed by atoms with Crippen LogP contribution in [-0.2, 0) is 11.4 Å². The maximum atomic E-state index is 12.3. The molecule has 1 aromatic heterocycles. The monoisotopic (exact) mass is 475 g/mol. The third-order valence-corrected chi connectivity index (χ3v) is 5.00. The van der Waals surface area contributed by atoms with Crippen LogP contribution in [0.4, 0.5) is 13.2 Å². The summed E-state index contributed by atoms with van der Waals surface area (Å²) in [5.41, 5.74) is 2.19. The van der Waals surface area contributed by atoms with Gasteiger partial charge in [-0.2, -0.15) is 0 Å². The second-order valence-electron chi connectivity index (χ2n) is 8.15. The smallest absolute Gasteiger partial charge is 0.489 e. The van der Waals surface area contributed by atoms with Gasteiger partial charge in [0.25, 0.3) is 0 Å². The average molecular weight is 475 g/mol. The van der Waals surface area contributed by atoms with Crippen LogP contribution in [0.5, 0.6) is 17.2 Å². The van der Waals surface area contributed by atoms with Gasteiger partial charge in [0.05, 0.1) is 5.69 Å². The molecule has 1 heterocycles. The van der Waals surface area contributed by atoms with E-state index in [-0.39, 0.29) is 12.4 Å². The standard InChI is InChI=1S/C25H24F3NO5/c1-15-13-20(10-12-22(15)34-24(3,4)23(30)31)32-14-18-7-11-21(29-16(18)2)17-5-8-19(9-6-17)33-25(26,27)28/h5-13H,14H2,1-4H3,(H,30,31). The van der Waals surface area contributed by atoms with Crippen LogP contribution in [-0.4, -0.2) is 28.0 Å². The van der Waals surface area contributed by atoms with Crippen molar-refractivity contribution in [2.45, 2.75) is 46.3 Å². The zero-order valence-corrected chi connectivity index (χ0v) is 19.1. The molecular weight excluding hydrogens is 451 g/mol. The minimum Gasteiger partial charge on any atom is -0.489 e. The first-order chi connectivity index (χ1) is 15.8. The molecular formula is C25H24F3NO5. The lowest BCUT2D eigenvalue weighted by Gasteiger charge is -2.23. The van der Waals surface area contributed by atoms with E-state index in [1.807, 2.05) is 13.0 Å². The Labute approximate surface area is 194 Å². The van der Waals surface area contributed by atoms with Gasteiger partial charge in [-0.05, 0) is 81.8 Å². The van der Waals surface area contributed by atoms with Crippen molar-refractivity contribution in [2.24, 2.45) is 0 Å². The maximum absolute atomic E-state index is 12.3. The van der Waals surface area contributed by atoms with Crippen molar-refractivity contribution in [1.29, 1.82) is 0 Å². The minimum absolute atomic E-state index is 0.248. The fraction of sp³-hybridized carbons (Fsp3) is 0.280. The Bertz CT molecular complexity index is 1170. The highest BCUT2D eigenvalue weighted by Crippen LogP contribution is 2.29. The Morgan fingerprint density at radius 3 is 2.15 bits per heavy atom. The molecule has 0 saturated carbocycles. The van der Waals surface area contributed by atoms with Crippen molar-refractivity contribution in [1.82, 2.24) is 4.98 Å². The van der Waals surface area contributed by atoms with Crippen LogP contribution in [0.3, 0.4) is 0 Å².